The molecule has 0 aromatic heterocycles. The molecule has 0 saturated carbocycles. The van der Waals surface area contributed by atoms with Crippen LogP contribution in [0, 0.1) is 11.3 Å². The molecule has 0 fully saturated rings. The van der Waals surface area contributed by atoms with Gasteiger partial charge in [-0.15, -0.1) is 0 Å². The third-order valence-electron chi connectivity index (χ3n) is 0.158. The van der Waals surface area contributed by atoms with Gasteiger partial charge < -0.3 is 0 Å². The molecule has 0 N–H and O–H groups in total. The molecule has 4 heavy (non-hydrogen) atoms. The van der Waals surface area contributed by atoms with Crippen LogP contribution < -0.4 is 0 Å². The molecule has 16 valence electrons. The maximum absolute atomic E-state index is 7.62. The Kier molecular flexibility index (Phi) is 3.15. The Morgan fingerprint density at radius 3 is 2.25 bits per heavy atom. The average Bonchev–Trinajstić information content (AvgIpc) is 1.37. The fourth-order valence-electron chi connectivity index (χ4n) is 0. The number of nitrogens with zero attached hydrogens (tertiary/aromatic N) is 1. The Balaban J connectivity index is 2.43. The number of hydrogen-bond acceptors (Lipinski definition) is 1. The summed E-state index contributed by atoms with van der Waals surface area (Å²) in [6, 6.07) is 1.93. The Morgan fingerprint density at radius 1 is 2.00 bits per heavy atom. The van der Waals surface area contributed by atoms with Crippen LogP contribution in [0.15, 0.2) is 0 Å². The van der Waals surface area contributed by atoms with Gasteiger partial charge in [0.1, 0.15) is 0 Å². The van der Waals surface area contributed by atoms with Gasteiger partial charge in [0.2, 0.25) is 0 Å². The third-order valence-corrected chi connectivity index (χ3v) is 0.158. The van der Waals surface area contributed by atoms with Crippen LogP contribution in [0.3, 0.4) is 0 Å². The molecule has 0 spiro atoms. The van der Waals surface area contributed by atoms with E-state index in [2.05, 4.69) is 0 Å². The van der Waals surface area contributed by atoms with E-state index in [0.29, 0.717) is 5.09 Å². The first-order valence-corrected chi connectivity index (χ1v) is 1.28. The van der Waals surface area contributed by atoms with E-state index in [0.717, 1.165) is 0 Å². The van der Waals surface area contributed by atoms with Crippen LogP contribution in [-0.2, 0) is 0 Å². The molecule has 0 aromatic rings. The van der Waals surface area contributed by atoms with Crippen molar-refractivity contribution in [1.29, 1.82) is 5.26 Å². The molecular formula is C2H2LiN. The molecule has 0 saturated heterocycles. The molecule has 0 aliphatic carbocycles. The van der Waals surface area contributed by atoms with Crippen molar-refractivity contribution < 1.29 is 0 Å². The summed E-state index contributed by atoms with van der Waals surface area (Å²) in [4.78, 5) is 0. The van der Waals surface area contributed by atoms with Gasteiger partial charge in [-0.25, -0.2) is 0 Å². The van der Waals surface area contributed by atoms with Crippen LogP contribution in [-0.4, -0.2) is 17.7 Å². The van der Waals surface area contributed by atoms with Crippen molar-refractivity contribution >= 4 is 17.7 Å². The van der Waals surface area contributed by atoms with E-state index in [-0.39, 0.29) is 0 Å². The first-order valence-electron chi connectivity index (χ1n) is 1.28. The SMILES string of the molecule is [Li][CH2]C#N. The Hall–Kier alpha value is 0.0874. The zero-order chi connectivity index (χ0) is 3.41. The van der Waals surface area contributed by atoms with E-state index < -0.39 is 0 Å². The topological polar surface area (TPSA) is 23.8 Å². The number of nitriles is 1. The fourth-order valence-corrected chi connectivity index (χ4v) is 0. The second kappa shape index (κ2) is 3.09. The van der Waals surface area contributed by atoms with Crippen molar-refractivity contribution in [2.45, 2.75) is 5.09 Å². The second-order valence-electron chi connectivity index (χ2n) is 0.512. The van der Waals surface area contributed by atoms with Crippen LogP contribution in [0.4, 0.5) is 0 Å². The van der Waals surface area contributed by atoms with Gasteiger partial charge in [-0.05, 0) is 0 Å². The normalized spacial score (nSPS) is 5.25. The summed E-state index contributed by atoms with van der Waals surface area (Å²) < 4.78 is 0. The molecule has 1 nitrogen and oxygen atoms in total. The van der Waals surface area contributed by atoms with Crippen molar-refractivity contribution in [2.75, 3.05) is 0 Å². The molecule has 0 bridgehead atoms. The van der Waals surface area contributed by atoms with Crippen LogP contribution in [0.5, 0.6) is 0 Å². The number of rotatable bonds is 0. The van der Waals surface area contributed by atoms with Gasteiger partial charge in [0.25, 0.3) is 0 Å². The van der Waals surface area contributed by atoms with Gasteiger partial charge in [0.15, 0.2) is 0 Å². The molecule has 0 unspecified atom stereocenters. The van der Waals surface area contributed by atoms with E-state index >= 15 is 0 Å². The van der Waals surface area contributed by atoms with Crippen LogP contribution in [0.2, 0.25) is 5.09 Å². The summed E-state index contributed by atoms with van der Waals surface area (Å²) >= 11 is 1.82. The maximum atomic E-state index is 7.62. The van der Waals surface area contributed by atoms with Crippen molar-refractivity contribution in [3.63, 3.8) is 0 Å². The van der Waals surface area contributed by atoms with Crippen molar-refractivity contribution in [1.82, 2.24) is 0 Å². The molecule has 0 heterocycles. The third kappa shape index (κ3) is 2.09. The predicted molar refractivity (Wildman–Crippen MR) is 16.2 cm³/mol. The first-order chi connectivity index (χ1) is 1.91. The summed E-state index contributed by atoms with van der Waals surface area (Å²) in [5.41, 5.74) is 0. The van der Waals surface area contributed by atoms with Gasteiger partial charge in [-0.3, -0.25) is 0 Å². The van der Waals surface area contributed by atoms with Gasteiger partial charge in [0.05, 0.1) is 0 Å². The van der Waals surface area contributed by atoms with Crippen molar-refractivity contribution in [3.05, 3.63) is 0 Å². The molecule has 0 atom stereocenters. The van der Waals surface area contributed by atoms with E-state index in [9.17, 15) is 0 Å². The summed E-state index contributed by atoms with van der Waals surface area (Å²) in [6.45, 7) is 0. The van der Waals surface area contributed by atoms with Crippen LogP contribution in [0.1, 0.15) is 0 Å². The van der Waals surface area contributed by atoms with E-state index in [4.69, 9.17) is 5.26 Å². The van der Waals surface area contributed by atoms with E-state index in [1.807, 2.05) is 23.8 Å². The molecule has 0 rings (SSSR count). The average molecular weight is 47.0 g/mol. The summed E-state index contributed by atoms with van der Waals surface area (Å²) in [5.74, 6) is 0. The first kappa shape index (κ1) is 4.09. The van der Waals surface area contributed by atoms with Gasteiger partial charge in [-0.2, -0.15) is 0 Å². The monoisotopic (exact) mass is 47.0 g/mol. The fraction of sp³-hybridized carbons (Fsp3) is 0.500. The molecule has 0 aliphatic rings. The summed E-state index contributed by atoms with van der Waals surface area (Å²) in [5, 5.41) is 8.25. The van der Waals surface area contributed by atoms with Crippen molar-refractivity contribution in [3.8, 4) is 6.07 Å². The Bertz CT molecular complexity index is 35.8. The predicted octanol–water partition coefficient (Wildman–Crippen LogP) is 0.0968. The number of hydrogen-bond donors (Lipinski definition) is 0. The summed E-state index contributed by atoms with van der Waals surface area (Å²) in [6.07, 6.45) is 0. The zero-order valence-corrected chi connectivity index (χ0v) is 2.65. The molecule has 0 aliphatic heterocycles. The van der Waals surface area contributed by atoms with Crippen molar-refractivity contribution in [2.24, 2.45) is 0 Å². The molecule has 0 amide bonds. The minimum atomic E-state index is 0.625. The second-order valence-corrected chi connectivity index (χ2v) is 0.512. The molecule has 2 heteroatoms. The molecule has 0 radical (unpaired) electrons. The van der Waals surface area contributed by atoms with Gasteiger partial charge >= 0.3 is 34.1 Å². The quantitative estimate of drug-likeness (QED) is 0.355. The standard InChI is InChI=1S/C2H2N.Li/c1-2-3;/h1H2;. The van der Waals surface area contributed by atoms with Crippen LogP contribution in [0.25, 0.3) is 0 Å². The summed E-state index contributed by atoms with van der Waals surface area (Å²) in [7, 11) is 0. The van der Waals surface area contributed by atoms with E-state index in [1.54, 1.807) is 0 Å². The zero-order valence-electron chi connectivity index (χ0n) is 2.65. The van der Waals surface area contributed by atoms with Crippen LogP contribution >= 0.6 is 0 Å². The Morgan fingerprint density at radius 2 is 2.25 bits per heavy atom. The molecular weight excluding hydrogens is 45.0 g/mol. The van der Waals surface area contributed by atoms with E-state index in [1.165, 1.54) is 0 Å². The van der Waals surface area contributed by atoms with Gasteiger partial charge in [-0.1, -0.05) is 0 Å². The van der Waals surface area contributed by atoms with Gasteiger partial charge in [0, 0.05) is 0 Å². The Labute approximate surface area is 34.8 Å². The molecule has 0 aromatic carbocycles. The minimum absolute atomic E-state index is 0.625.